The molecule has 0 fully saturated rings. The zero-order chi connectivity index (χ0) is 22.1. The average Bonchev–Trinajstić information content (AvgIpc) is 3.46. The fraction of sp³-hybridized carbons (Fsp3) is 0.160. The molecule has 6 nitrogen and oxygen atoms in total. The van der Waals surface area contributed by atoms with Crippen molar-refractivity contribution in [2.75, 3.05) is 11.9 Å². The summed E-state index contributed by atoms with van der Waals surface area (Å²) in [5.74, 6) is 0.542. The maximum Gasteiger partial charge on any atom is 0.147 e. The predicted octanol–water partition coefficient (Wildman–Crippen LogP) is 5.36. The fourth-order valence-corrected chi connectivity index (χ4v) is 4.03. The van der Waals surface area contributed by atoms with E-state index in [1.54, 1.807) is 18.9 Å². The predicted molar refractivity (Wildman–Crippen MR) is 125 cm³/mol. The summed E-state index contributed by atoms with van der Waals surface area (Å²) in [5, 5.41) is 4.31. The van der Waals surface area contributed by atoms with E-state index >= 15 is 0 Å². The van der Waals surface area contributed by atoms with Gasteiger partial charge in [0.1, 0.15) is 18.0 Å². The molecule has 0 bridgehead atoms. The minimum Gasteiger partial charge on any atom is -0.368 e. The van der Waals surface area contributed by atoms with Gasteiger partial charge >= 0.3 is 0 Å². The van der Waals surface area contributed by atoms with E-state index < -0.39 is 0 Å². The van der Waals surface area contributed by atoms with Crippen LogP contribution in [0.5, 0.6) is 0 Å². The number of halogens is 1. The summed E-state index contributed by atoms with van der Waals surface area (Å²) in [4.78, 5) is 15.9. The number of benzene rings is 2. The Hall–Kier alpha value is -4.00. The van der Waals surface area contributed by atoms with Crippen LogP contribution in [-0.4, -0.2) is 31.0 Å². The number of rotatable bonds is 6. The molecule has 160 valence electrons. The van der Waals surface area contributed by atoms with E-state index in [2.05, 4.69) is 25.3 Å². The lowest BCUT2D eigenvalue weighted by Gasteiger charge is -2.11. The number of aryl methyl sites for hydroxylation is 2. The monoisotopic (exact) mass is 426 g/mol. The van der Waals surface area contributed by atoms with Crippen LogP contribution in [-0.2, 0) is 6.54 Å². The third-order valence-electron chi connectivity index (χ3n) is 5.73. The van der Waals surface area contributed by atoms with Gasteiger partial charge in [-0.3, -0.25) is 0 Å². The first-order valence-electron chi connectivity index (χ1n) is 10.5. The first-order chi connectivity index (χ1) is 15.6. The first-order valence-corrected chi connectivity index (χ1v) is 10.5. The van der Waals surface area contributed by atoms with Crippen molar-refractivity contribution in [2.24, 2.45) is 0 Å². The highest BCUT2D eigenvalue weighted by molar-refractivity contribution is 5.85. The second-order valence-corrected chi connectivity index (χ2v) is 7.82. The van der Waals surface area contributed by atoms with Crippen LogP contribution in [0.1, 0.15) is 11.3 Å². The Morgan fingerprint density at radius 1 is 1.00 bits per heavy atom. The van der Waals surface area contributed by atoms with Crippen LogP contribution >= 0.6 is 0 Å². The molecule has 0 aliphatic heterocycles. The van der Waals surface area contributed by atoms with Gasteiger partial charge in [-0.2, -0.15) is 0 Å². The Kier molecular flexibility index (Phi) is 5.15. The van der Waals surface area contributed by atoms with E-state index in [0.29, 0.717) is 18.6 Å². The molecular formula is C25H23FN6. The lowest BCUT2D eigenvalue weighted by Crippen LogP contribution is -2.13. The van der Waals surface area contributed by atoms with Crippen molar-refractivity contribution in [3.8, 4) is 22.5 Å². The zero-order valence-corrected chi connectivity index (χ0v) is 17.9. The molecule has 0 unspecified atom stereocenters. The quantitative estimate of drug-likeness (QED) is 0.384. The molecule has 3 aromatic heterocycles. The maximum absolute atomic E-state index is 14.5. The van der Waals surface area contributed by atoms with Crippen LogP contribution in [0.3, 0.4) is 0 Å². The van der Waals surface area contributed by atoms with Crippen LogP contribution < -0.4 is 5.32 Å². The van der Waals surface area contributed by atoms with Crippen molar-refractivity contribution in [1.82, 2.24) is 24.5 Å². The summed E-state index contributed by atoms with van der Waals surface area (Å²) in [6.45, 7) is 5.27. The van der Waals surface area contributed by atoms with Crippen molar-refractivity contribution in [3.05, 3.63) is 84.5 Å². The number of hydrogen-bond acceptors (Lipinski definition) is 4. The molecule has 0 atom stereocenters. The lowest BCUT2D eigenvalue weighted by atomic mass is 10.1. The number of H-pyrrole nitrogens is 1. The third kappa shape index (κ3) is 3.73. The minimum absolute atomic E-state index is 0.193. The number of hydrogen-bond donors (Lipinski definition) is 2. The van der Waals surface area contributed by atoms with Gasteiger partial charge in [0.25, 0.3) is 0 Å². The molecule has 7 heteroatoms. The zero-order valence-electron chi connectivity index (χ0n) is 17.9. The molecule has 0 saturated carbocycles. The van der Waals surface area contributed by atoms with Crippen molar-refractivity contribution >= 4 is 16.7 Å². The number of anilines is 1. The Morgan fingerprint density at radius 2 is 1.81 bits per heavy atom. The SMILES string of the molecule is Cc1ccc(F)c2c1cc(C)n2CCNc1cc(-c2ccc(-c3cnc[nH]3)cc2)ncn1. The van der Waals surface area contributed by atoms with Crippen LogP contribution in [0.2, 0.25) is 0 Å². The summed E-state index contributed by atoms with van der Waals surface area (Å²) in [7, 11) is 0. The van der Waals surface area contributed by atoms with Crippen LogP contribution in [0.25, 0.3) is 33.4 Å². The van der Waals surface area contributed by atoms with E-state index in [1.807, 2.05) is 60.9 Å². The molecule has 32 heavy (non-hydrogen) atoms. The lowest BCUT2D eigenvalue weighted by molar-refractivity contribution is 0.621. The summed E-state index contributed by atoms with van der Waals surface area (Å²) in [6, 6.07) is 15.5. The highest BCUT2D eigenvalue weighted by Gasteiger charge is 2.12. The van der Waals surface area contributed by atoms with Gasteiger partial charge in [0.05, 0.1) is 29.4 Å². The van der Waals surface area contributed by atoms with Gasteiger partial charge in [-0.05, 0) is 37.1 Å². The molecule has 0 aliphatic rings. The molecule has 0 amide bonds. The Balaban J connectivity index is 1.31. The number of aromatic nitrogens is 5. The normalized spacial score (nSPS) is 11.2. The summed E-state index contributed by atoms with van der Waals surface area (Å²) >= 11 is 0. The van der Waals surface area contributed by atoms with E-state index in [-0.39, 0.29) is 5.82 Å². The number of nitrogens with one attached hydrogen (secondary N) is 2. The van der Waals surface area contributed by atoms with Gasteiger partial charge in [-0.15, -0.1) is 0 Å². The molecule has 5 rings (SSSR count). The summed E-state index contributed by atoms with van der Waals surface area (Å²) in [6.07, 6.45) is 5.02. The minimum atomic E-state index is -0.193. The second-order valence-electron chi connectivity index (χ2n) is 7.82. The Bertz CT molecular complexity index is 1370. The number of fused-ring (bicyclic) bond motifs is 1. The molecule has 2 N–H and O–H groups in total. The average molecular weight is 426 g/mol. The summed E-state index contributed by atoms with van der Waals surface area (Å²) in [5.41, 5.74) is 6.65. The Labute approximate surface area is 185 Å². The second kappa shape index (κ2) is 8.26. The van der Waals surface area contributed by atoms with Crippen LogP contribution in [0, 0.1) is 19.7 Å². The highest BCUT2D eigenvalue weighted by atomic mass is 19.1. The van der Waals surface area contributed by atoms with Crippen molar-refractivity contribution in [3.63, 3.8) is 0 Å². The molecule has 0 saturated heterocycles. The third-order valence-corrected chi connectivity index (χ3v) is 5.73. The number of nitrogens with zero attached hydrogens (tertiary/aromatic N) is 4. The molecule has 0 radical (unpaired) electrons. The van der Waals surface area contributed by atoms with Crippen LogP contribution in [0.15, 0.2) is 67.4 Å². The Morgan fingerprint density at radius 3 is 2.59 bits per heavy atom. The standard InChI is InChI=1S/C25H23FN6/c1-16-3-8-21(26)25-20(16)11-17(2)32(25)10-9-28-24-12-22(30-15-31-24)18-4-6-19(7-5-18)23-13-27-14-29-23/h3-8,11-15H,9-10H2,1-2H3,(H,27,29)(H,28,30,31). The highest BCUT2D eigenvalue weighted by Crippen LogP contribution is 2.26. The first kappa shape index (κ1) is 19.9. The molecule has 2 aromatic carbocycles. The van der Waals surface area contributed by atoms with Gasteiger partial charge in [-0.25, -0.2) is 19.3 Å². The number of aromatic amines is 1. The molecule has 5 aromatic rings. The van der Waals surface area contributed by atoms with E-state index in [0.717, 1.165) is 45.0 Å². The molecule has 3 heterocycles. The van der Waals surface area contributed by atoms with Crippen molar-refractivity contribution in [2.45, 2.75) is 20.4 Å². The number of imidazole rings is 1. The molecule has 0 spiro atoms. The maximum atomic E-state index is 14.5. The van der Waals surface area contributed by atoms with Gasteiger partial charge < -0.3 is 14.9 Å². The molecule has 0 aliphatic carbocycles. The van der Waals surface area contributed by atoms with Gasteiger partial charge in [0.2, 0.25) is 0 Å². The fourth-order valence-electron chi connectivity index (χ4n) is 4.03. The van der Waals surface area contributed by atoms with Gasteiger partial charge in [0.15, 0.2) is 0 Å². The van der Waals surface area contributed by atoms with E-state index in [4.69, 9.17) is 0 Å². The topological polar surface area (TPSA) is 71.4 Å². The smallest absolute Gasteiger partial charge is 0.147 e. The van der Waals surface area contributed by atoms with Gasteiger partial charge in [-0.1, -0.05) is 30.3 Å². The van der Waals surface area contributed by atoms with Crippen LogP contribution in [0.4, 0.5) is 10.2 Å². The van der Waals surface area contributed by atoms with Gasteiger partial charge in [0, 0.05) is 35.8 Å². The van der Waals surface area contributed by atoms with E-state index in [9.17, 15) is 4.39 Å². The van der Waals surface area contributed by atoms with Crippen molar-refractivity contribution < 1.29 is 4.39 Å². The summed E-state index contributed by atoms with van der Waals surface area (Å²) < 4.78 is 16.5. The van der Waals surface area contributed by atoms with Crippen molar-refractivity contribution in [1.29, 1.82) is 0 Å². The molecular weight excluding hydrogens is 403 g/mol. The van der Waals surface area contributed by atoms with E-state index in [1.165, 1.54) is 6.07 Å². The largest absolute Gasteiger partial charge is 0.368 e.